The molecule has 1 N–H and O–H groups in total. The van der Waals surface area contributed by atoms with E-state index in [1.165, 1.54) is 23.8 Å². The van der Waals surface area contributed by atoms with E-state index in [1.54, 1.807) is 0 Å². The molecule has 1 aliphatic rings. The first-order chi connectivity index (χ1) is 9.33. The second-order valence-corrected chi connectivity index (χ2v) is 5.25. The van der Waals surface area contributed by atoms with Gasteiger partial charge in [-0.25, -0.2) is 0 Å². The van der Waals surface area contributed by atoms with Crippen molar-refractivity contribution in [3.05, 3.63) is 42.1 Å². The van der Waals surface area contributed by atoms with Crippen molar-refractivity contribution in [3.8, 4) is 0 Å². The second-order valence-electron chi connectivity index (χ2n) is 5.25. The molecule has 0 aliphatic carbocycles. The fraction of sp³-hybridized carbons (Fsp3) is 0.438. The van der Waals surface area contributed by atoms with Crippen molar-refractivity contribution >= 4 is 10.9 Å². The summed E-state index contributed by atoms with van der Waals surface area (Å²) in [6.45, 7) is 4.00. The van der Waals surface area contributed by atoms with Crippen LogP contribution in [0.3, 0.4) is 0 Å². The van der Waals surface area contributed by atoms with Gasteiger partial charge in [0.2, 0.25) is 0 Å². The number of nitrogens with zero attached hydrogens (tertiary/aromatic N) is 1. The molecule has 2 heterocycles. The third-order valence-corrected chi connectivity index (χ3v) is 3.82. The molecule has 19 heavy (non-hydrogen) atoms. The van der Waals surface area contributed by atoms with Crippen molar-refractivity contribution in [2.45, 2.75) is 38.5 Å². The van der Waals surface area contributed by atoms with Crippen LogP contribution in [0.2, 0.25) is 0 Å². The molecule has 3 rings (SSSR count). The number of nitrogens with one attached hydrogen (secondary N) is 1. The topological polar surface area (TPSA) is 34.2 Å². The van der Waals surface area contributed by atoms with Crippen molar-refractivity contribution in [1.82, 2.24) is 10.3 Å². The molecule has 2 unspecified atom stereocenters. The number of hydrogen-bond donors (Lipinski definition) is 1. The summed E-state index contributed by atoms with van der Waals surface area (Å²) in [5, 5.41) is 4.76. The third-order valence-electron chi connectivity index (χ3n) is 3.82. The Morgan fingerprint density at radius 1 is 1.42 bits per heavy atom. The van der Waals surface area contributed by atoms with Crippen LogP contribution in [0, 0.1) is 0 Å². The minimum Gasteiger partial charge on any atom is -0.377 e. The number of benzene rings is 1. The Bertz CT molecular complexity index is 549. The van der Waals surface area contributed by atoms with Crippen LogP contribution >= 0.6 is 0 Å². The van der Waals surface area contributed by atoms with E-state index >= 15 is 0 Å². The van der Waals surface area contributed by atoms with Gasteiger partial charge in [0.15, 0.2) is 0 Å². The minimum atomic E-state index is 0.377. The summed E-state index contributed by atoms with van der Waals surface area (Å²) in [6.07, 6.45) is 4.58. The van der Waals surface area contributed by atoms with Gasteiger partial charge in [0, 0.05) is 30.8 Å². The monoisotopic (exact) mass is 256 g/mol. The Morgan fingerprint density at radius 3 is 3.21 bits per heavy atom. The maximum atomic E-state index is 5.70. The van der Waals surface area contributed by atoms with Crippen molar-refractivity contribution in [1.29, 1.82) is 0 Å². The van der Waals surface area contributed by atoms with Crippen molar-refractivity contribution in [2.75, 3.05) is 6.61 Å². The lowest BCUT2D eigenvalue weighted by molar-refractivity contribution is 0.0832. The highest BCUT2D eigenvalue weighted by molar-refractivity contribution is 5.78. The van der Waals surface area contributed by atoms with Crippen LogP contribution in [0.15, 0.2) is 36.5 Å². The van der Waals surface area contributed by atoms with Gasteiger partial charge >= 0.3 is 0 Å². The maximum Gasteiger partial charge on any atom is 0.0726 e. The zero-order valence-electron chi connectivity index (χ0n) is 11.3. The van der Waals surface area contributed by atoms with Gasteiger partial charge in [-0.2, -0.15) is 0 Å². The first-order valence-corrected chi connectivity index (χ1v) is 7.01. The van der Waals surface area contributed by atoms with Gasteiger partial charge in [0.25, 0.3) is 0 Å². The predicted molar refractivity (Wildman–Crippen MR) is 77.0 cm³/mol. The van der Waals surface area contributed by atoms with Crippen LogP contribution < -0.4 is 5.32 Å². The Labute approximate surface area is 114 Å². The number of fused-ring (bicyclic) bond motifs is 1. The highest BCUT2D eigenvalue weighted by Crippen LogP contribution is 2.17. The summed E-state index contributed by atoms with van der Waals surface area (Å²) < 4.78 is 5.70. The highest BCUT2D eigenvalue weighted by Gasteiger charge is 2.21. The zero-order chi connectivity index (χ0) is 13.1. The first-order valence-electron chi connectivity index (χ1n) is 7.01. The van der Waals surface area contributed by atoms with Gasteiger partial charge < -0.3 is 10.1 Å². The van der Waals surface area contributed by atoms with Crippen LogP contribution in [-0.4, -0.2) is 23.7 Å². The fourth-order valence-corrected chi connectivity index (χ4v) is 2.64. The molecule has 0 saturated carbocycles. The summed E-state index contributed by atoms with van der Waals surface area (Å²) in [7, 11) is 0. The second kappa shape index (κ2) is 5.68. The van der Waals surface area contributed by atoms with E-state index in [2.05, 4.69) is 41.5 Å². The largest absolute Gasteiger partial charge is 0.377 e. The third kappa shape index (κ3) is 2.94. The summed E-state index contributed by atoms with van der Waals surface area (Å²) >= 11 is 0. The summed E-state index contributed by atoms with van der Waals surface area (Å²) in [4.78, 5) is 4.34. The number of pyridine rings is 1. The van der Waals surface area contributed by atoms with E-state index in [1.807, 2.05) is 12.3 Å². The molecule has 0 radical (unpaired) electrons. The van der Waals surface area contributed by atoms with Gasteiger partial charge in [-0.3, -0.25) is 4.98 Å². The quantitative estimate of drug-likeness (QED) is 0.913. The summed E-state index contributed by atoms with van der Waals surface area (Å²) in [5.41, 5.74) is 2.35. The van der Waals surface area contributed by atoms with E-state index in [0.717, 1.165) is 18.7 Å². The molecule has 3 nitrogen and oxygen atoms in total. The van der Waals surface area contributed by atoms with E-state index in [9.17, 15) is 0 Å². The van der Waals surface area contributed by atoms with Crippen molar-refractivity contribution in [2.24, 2.45) is 0 Å². The Balaban J connectivity index is 1.64. The molecule has 1 saturated heterocycles. The lowest BCUT2D eigenvalue weighted by Crippen LogP contribution is -2.36. The lowest BCUT2D eigenvalue weighted by atomic mass is 10.1. The van der Waals surface area contributed by atoms with Gasteiger partial charge in [-0.05, 0) is 43.5 Å². The molecule has 2 aromatic rings. The number of aromatic nitrogens is 1. The van der Waals surface area contributed by atoms with Crippen LogP contribution in [0.5, 0.6) is 0 Å². The maximum absolute atomic E-state index is 5.70. The van der Waals surface area contributed by atoms with Gasteiger partial charge in [0.1, 0.15) is 0 Å². The molecule has 2 atom stereocenters. The van der Waals surface area contributed by atoms with Gasteiger partial charge in [-0.1, -0.05) is 12.1 Å². The van der Waals surface area contributed by atoms with Gasteiger partial charge in [-0.15, -0.1) is 0 Å². The van der Waals surface area contributed by atoms with Crippen LogP contribution in [0.4, 0.5) is 0 Å². The average molecular weight is 256 g/mol. The average Bonchev–Trinajstić information content (AvgIpc) is 2.99. The van der Waals surface area contributed by atoms with Crippen molar-refractivity contribution in [3.63, 3.8) is 0 Å². The van der Waals surface area contributed by atoms with E-state index in [-0.39, 0.29) is 0 Å². The van der Waals surface area contributed by atoms with Crippen molar-refractivity contribution < 1.29 is 4.74 Å². The minimum absolute atomic E-state index is 0.377. The lowest BCUT2D eigenvalue weighted by Gasteiger charge is -2.20. The molecule has 1 aliphatic heterocycles. The molecule has 1 aromatic carbocycles. The standard InChI is InChI=1S/C16H20N2O/c1-12(16-5-3-9-19-16)18-11-13-6-7-15-14(10-13)4-2-8-17-15/h2,4,6-8,10,12,16,18H,3,5,9,11H2,1H3. The van der Waals surface area contributed by atoms with Gasteiger partial charge in [0.05, 0.1) is 11.6 Å². The molecule has 0 spiro atoms. The molecule has 0 bridgehead atoms. The first kappa shape index (κ1) is 12.6. The molecular weight excluding hydrogens is 236 g/mol. The molecule has 100 valence electrons. The number of hydrogen-bond acceptors (Lipinski definition) is 3. The summed E-state index contributed by atoms with van der Waals surface area (Å²) in [5.74, 6) is 0. The Hall–Kier alpha value is -1.45. The summed E-state index contributed by atoms with van der Waals surface area (Å²) in [6, 6.07) is 10.9. The molecule has 1 fully saturated rings. The number of ether oxygens (including phenoxy) is 1. The smallest absolute Gasteiger partial charge is 0.0726 e. The van der Waals surface area contributed by atoms with E-state index < -0.39 is 0 Å². The zero-order valence-corrected chi connectivity index (χ0v) is 11.3. The molecular formula is C16H20N2O. The SMILES string of the molecule is CC(NCc1ccc2ncccc2c1)C1CCCO1. The predicted octanol–water partition coefficient (Wildman–Crippen LogP) is 2.89. The molecule has 1 aromatic heterocycles. The Kier molecular flexibility index (Phi) is 3.76. The normalized spacial score (nSPS) is 20.8. The van der Waals surface area contributed by atoms with Crippen LogP contribution in [-0.2, 0) is 11.3 Å². The van der Waals surface area contributed by atoms with Crippen LogP contribution in [0.1, 0.15) is 25.3 Å². The fourth-order valence-electron chi connectivity index (χ4n) is 2.64. The molecule has 3 heteroatoms. The highest BCUT2D eigenvalue weighted by atomic mass is 16.5. The number of rotatable bonds is 4. The van der Waals surface area contributed by atoms with E-state index in [4.69, 9.17) is 4.74 Å². The van der Waals surface area contributed by atoms with Crippen LogP contribution in [0.25, 0.3) is 10.9 Å². The Morgan fingerprint density at radius 2 is 2.37 bits per heavy atom. The van der Waals surface area contributed by atoms with E-state index in [0.29, 0.717) is 12.1 Å². The molecule has 0 amide bonds.